The lowest BCUT2D eigenvalue weighted by molar-refractivity contribution is -0.870. The number of aliphatic carboxylic acids is 2. The molecule has 0 fully saturated rings. The van der Waals surface area contributed by atoms with E-state index >= 15 is 0 Å². The van der Waals surface area contributed by atoms with Gasteiger partial charge in [-0.05, 0) is 20.3 Å². The number of hydrogen-bond donors (Lipinski definition) is 4. The van der Waals surface area contributed by atoms with Crippen LogP contribution in [0.5, 0.6) is 0 Å². The third kappa shape index (κ3) is 86.0. The average Bonchev–Trinajstić information content (AvgIpc) is 2.45. The largest absolute Gasteiger partial charge is 0.550 e. The molecule has 28 heavy (non-hydrogen) atoms. The molecule has 1 atom stereocenters. The van der Waals surface area contributed by atoms with Crippen molar-refractivity contribution in [3.8, 4) is 0 Å². The molecule has 10 heteroatoms. The number of aliphatic hydroxyl groups excluding tert-OH is 4. The van der Waals surface area contributed by atoms with Crippen LogP contribution in [0.1, 0.15) is 27.2 Å². The van der Waals surface area contributed by atoms with Crippen LogP contribution in [0.4, 0.5) is 0 Å². The molecule has 0 aromatic heterocycles. The van der Waals surface area contributed by atoms with Gasteiger partial charge in [0, 0.05) is 12.6 Å². The number of carboxylic acids is 2. The third-order valence-electron chi connectivity index (χ3n) is 2.20. The van der Waals surface area contributed by atoms with E-state index in [1.54, 1.807) is 13.8 Å². The molecule has 1 unspecified atom stereocenters. The number of rotatable bonds is 6. The molecule has 0 saturated carbocycles. The quantitative estimate of drug-likeness (QED) is 0.326. The van der Waals surface area contributed by atoms with Crippen molar-refractivity contribution in [2.75, 3.05) is 75.2 Å². The summed E-state index contributed by atoms with van der Waals surface area (Å²) in [5.41, 5.74) is 0. The Kier molecular flexibility index (Phi) is 31.8. The van der Waals surface area contributed by atoms with Gasteiger partial charge in [0.2, 0.25) is 0 Å². The third-order valence-corrected chi connectivity index (χ3v) is 2.20. The molecule has 0 heterocycles. The summed E-state index contributed by atoms with van der Waals surface area (Å²) in [6.45, 7) is 6.70. The summed E-state index contributed by atoms with van der Waals surface area (Å²) in [5.74, 6) is -2.48. The van der Waals surface area contributed by atoms with Crippen molar-refractivity contribution in [3.05, 3.63) is 0 Å². The number of hydrogen-bond acceptors (Lipinski definition) is 8. The molecule has 0 aliphatic rings. The Balaban J connectivity index is -0.0000000814. The second kappa shape index (κ2) is 23.7. The zero-order valence-corrected chi connectivity index (χ0v) is 19.1. The fourth-order valence-corrected chi connectivity index (χ4v) is 0.767. The van der Waals surface area contributed by atoms with Gasteiger partial charge in [0.1, 0.15) is 13.1 Å². The van der Waals surface area contributed by atoms with Gasteiger partial charge in [-0.3, -0.25) is 0 Å². The summed E-state index contributed by atoms with van der Waals surface area (Å²) in [4.78, 5) is 18.5. The highest BCUT2D eigenvalue weighted by Crippen LogP contribution is 1.85. The van der Waals surface area contributed by atoms with Crippen LogP contribution in [0.25, 0.3) is 0 Å². The number of carboxylic acid groups (broad SMARTS) is 2. The van der Waals surface area contributed by atoms with Gasteiger partial charge in [-0.15, -0.1) is 0 Å². The maximum absolute atomic E-state index is 9.57. The van der Waals surface area contributed by atoms with E-state index in [1.165, 1.54) is 0 Å². The van der Waals surface area contributed by atoms with Gasteiger partial charge < -0.3 is 49.2 Å². The minimum absolute atomic E-state index is 0.211. The molecule has 0 saturated heterocycles. The number of carbonyl (C=O) groups excluding carboxylic acids is 2. The zero-order chi connectivity index (χ0) is 24.0. The molecule has 0 radical (unpaired) electrons. The first-order chi connectivity index (χ1) is 12.4. The van der Waals surface area contributed by atoms with Gasteiger partial charge in [-0.2, -0.15) is 0 Å². The molecule has 0 aromatic carbocycles. The Morgan fingerprint density at radius 1 is 0.821 bits per heavy atom. The summed E-state index contributed by atoms with van der Waals surface area (Å²) in [6, 6.07) is 0. The highest BCUT2D eigenvalue weighted by molar-refractivity contribution is 5.69. The number of quaternary nitrogens is 2. The van der Waals surface area contributed by atoms with Crippen molar-refractivity contribution < 1.29 is 49.2 Å². The van der Waals surface area contributed by atoms with Crippen molar-refractivity contribution in [2.45, 2.75) is 33.3 Å². The Morgan fingerprint density at radius 3 is 1.04 bits per heavy atom. The lowest BCUT2D eigenvalue weighted by Gasteiger charge is -2.21. The predicted molar refractivity (Wildman–Crippen MR) is 105 cm³/mol. The van der Waals surface area contributed by atoms with Gasteiger partial charge in [0.25, 0.3) is 0 Å². The zero-order valence-electron chi connectivity index (χ0n) is 19.1. The van der Waals surface area contributed by atoms with Crippen LogP contribution in [0.15, 0.2) is 0 Å². The van der Waals surface area contributed by atoms with E-state index in [0.29, 0.717) is 0 Å². The molecule has 0 aromatic rings. The van der Waals surface area contributed by atoms with E-state index in [9.17, 15) is 9.90 Å². The number of nitrogens with zero attached hydrogens (tertiary/aromatic N) is 2. The first kappa shape index (κ1) is 37.5. The molecular weight excluding hydrogens is 372 g/mol. The van der Waals surface area contributed by atoms with Gasteiger partial charge in [-0.25, -0.2) is 0 Å². The Labute approximate surface area is 170 Å². The lowest BCUT2D eigenvalue weighted by atomic mass is 10.3. The van der Waals surface area contributed by atoms with Crippen LogP contribution in [0.3, 0.4) is 0 Å². The van der Waals surface area contributed by atoms with Gasteiger partial charge in [0.15, 0.2) is 0 Å². The predicted octanol–water partition coefficient (Wildman–Crippen LogP) is -3.37. The van der Waals surface area contributed by atoms with Crippen molar-refractivity contribution in [1.29, 1.82) is 0 Å². The molecule has 174 valence electrons. The minimum Gasteiger partial charge on any atom is -0.550 e. The van der Waals surface area contributed by atoms with E-state index < -0.39 is 18.0 Å². The number of likely N-dealkylation sites (N-methyl/N-ethyl adjacent to an activating group) is 2. The summed E-state index contributed by atoms with van der Waals surface area (Å²) in [5, 5.41) is 51.1. The first-order valence-electron chi connectivity index (χ1n) is 8.95. The summed E-state index contributed by atoms with van der Waals surface area (Å²) in [6.07, 6.45) is -1.08. The van der Waals surface area contributed by atoms with E-state index in [0.717, 1.165) is 29.0 Å². The summed E-state index contributed by atoms with van der Waals surface area (Å²) < 4.78 is 1.69. The maximum Gasteiger partial charge on any atom is 0.101 e. The second-order valence-electron chi connectivity index (χ2n) is 7.53. The smallest absolute Gasteiger partial charge is 0.101 e. The second-order valence-corrected chi connectivity index (χ2v) is 7.53. The topological polar surface area (TPSA) is 161 Å². The normalized spacial score (nSPS) is 10.9. The number of carbonyl (C=O) groups is 2. The molecule has 0 aliphatic heterocycles. The van der Waals surface area contributed by atoms with E-state index in [1.807, 2.05) is 0 Å². The Hall–Kier alpha value is -1.30. The molecule has 4 N–H and O–H groups in total. The molecular formula is C18H44N2O8. The molecule has 10 nitrogen and oxygen atoms in total. The van der Waals surface area contributed by atoms with Crippen LogP contribution < -0.4 is 10.2 Å². The van der Waals surface area contributed by atoms with Crippen LogP contribution >= 0.6 is 0 Å². The fourth-order valence-electron chi connectivity index (χ4n) is 0.767. The van der Waals surface area contributed by atoms with Crippen LogP contribution in [0, 0.1) is 0 Å². The van der Waals surface area contributed by atoms with Gasteiger partial charge in [0.05, 0.1) is 67.6 Å². The van der Waals surface area contributed by atoms with E-state index in [2.05, 4.69) is 42.3 Å². The van der Waals surface area contributed by atoms with Gasteiger partial charge in [-0.1, -0.05) is 6.92 Å². The lowest BCUT2D eigenvalue weighted by Crippen LogP contribution is -2.36. The molecule has 0 amide bonds. The number of aliphatic hydroxyl groups is 4. The van der Waals surface area contributed by atoms with Crippen molar-refractivity contribution >= 4 is 11.9 Å². The van der Waals surface area contributed by atoms with Crippen LogP contribution in [-0.2, 0) is 9.59 Å². The Morgan fingerprint density at radius 2 is 1.04 bits per heavy atom. The summed E-state index contributed by atoms with van der Waals surface area (Å²) in [7, 11) is 12.3. The van der Waals surface area contributed by atoms with Crippen molar-refractivity contribution in [2.24, 2.45) is 0 Å². The van der Waals surface area contributed by atoms with E-state index in [4.69, 9.17) is 30.3 Å². The van der Waals surface area contributed by atoms with E-state index in [-0.39, 0.29) is 26.2 Å². The van der Waals surface area contributed by atoms with Gasteiger partial charge >= 0.3 is 0 Å². The Bertz CT molecular complexity index is 319. The molecule has 0 spiro atoms. The van der Waals surface area contributed by atoms with Crippen LogP contribution in [-0.4, -0.2) is 123 Å². The standard InChI is InChI=1S/2C5H14NO.C4H8O3.C2H4O2.C2H6O/c2*1-6(2,3)4-5-7;1-2-3(5)4(6)7;1-2(3)4;1-2-3/h2*7H,4-5H2,1-3H3;3,5H,2H2,1H3,(H,6,7);1H3,(H,3,4);3H,2H2,1H3/q2*+1;;;/p-2. The average molecular weight is 417 g/mol. The first-order valence-corrected chi connectivity index (χ1v) is 8.95. The summed E-state index contributed by atoms with van der Waals surface area (Å²) >= 11 is 0. The van der Waals surface area contributed by atoms with Crippen molar-refractivity contribution in [3.63, 3.8) is 0 Å². The fraction of sp³-hybridized carbons (Fsp3) is 0.889. The highest BCUT2D eigenvalue weighted by atomic mass is 16.4. The SMILES string of the molecule is CC(=O)[O-].CCC(O)C(=O)[O-].CCO.C[N+](C)(C)CCO.C[N+](C)(C)CCO. The van der Waals surface area contributed by atoms with Crippen molar-refractivity contribution in [1.82, 2.24) is 0 Å². The maximum atomic E-state index is 9.57. The minimum atomic E-state index is -1.40. The van der Waals surface area contributed by atoms with Crippen LogP contribution in [0.2, 0.25) is 0 Å². The monoisotopic (exact) mass is 416 g/mol. The molecule has 0 bridgehead atoms. The molecule has 0 aliphatic carbocycles. The molecule has 0 rings (SSSR count). The highest BCUT2D eigenvalue weighted by Gasteiger charge is 2.02.